The van der Waals surface area contributed by atoms with Gasteiger partial charge in [-0.05, 0) is 42.6 Å². The fourth-order valence-electron chi connectivity index (χ4n) is 2.25. The molecule has 112 valence electrons. The fourth-order valence-corrected chi connectivity index (χ4v) is 2.46. The molecule has 0 amide bonds. The molecular weight excluding hydrogens is 284 g/mol. The van der Waals surface area contributed by atoms with E-state index in [1.165, 1.54) is 0 Å². The first-order valence-corrected chi connectivity index (χ1v) is 7.58. The predicted octanol–water partition coefficient (Wildman–Crippen LogP) is 4.03. The van der Waals surface area contributed by atoms with Crippen LogP contribution in [0.3, 0.4) is 0 Å². The largest absolute Gasteiger partial charge is 0.495 e. The molecule has 4 heteroatoms. The average molecular weight is 305 g/mol. The van der Waals surface area contributed by atoms with E-state index in [1.54, 1.807) is 13.3 Å². The molecule has 2 aromatic rings. The molecule has 2 rings (SSSR count). The van der Waals surface area contributed by atoms with Crippen LogP contribution in [0.25, 0.3) is 0 Å². The second-order valence-electron chi connectivity index (χ2n) is 4.96. The lowest BCUT2D eigenvalue weighted by atomic mass is 10.00. The number of methoxy groups -OCH3 is 1. The number of benzene rings is 1. The van der Waals surface area contributed by atoms with Gasteiger partial charge in [0.15, 0.2) is 0 Å². The van der Waals surface area contributed by atoms with Crippen molar-refractivity contribution in [2.75, 3.05) is 13.7 Å². The predicted molar refractivity (Wildman–Crippen MR) is 87.0 cm³/mol. The monoisotopic (exact) mass is 304 g/mol. The molecule has 0 bridgehead atoms. The maximum Gasteiger partial charge on any atom is 0.137 e. The van der Waals surface area contributed by atoms with Crippen LogP contribution in [0.1, 0.15) is 30.5 Å². The Morgan fingerprint density at radius 2 is 2.10 bits per heavy atom. The summed E-state index contributed by atoms with van der Waals surface area (Å²) in [6, 6.07) is 10.2. The Kier molecular flexibility index (Phi) is 6.03. The Balaban J connectivity index is 2.23. The highest BCUT2D eigenvalue weighted by molar-refractivity contribution is 6.31. The minimum absolute atomic E-state index is 0.174. The van der Waals surface area contributed by atoms with E-state index < -0.39 is 0 Å². The van der Waals surface area contributed by atoms with Crippen LogP contribution in [0.15, 0.2) is 42.7 Å². The summed E-state index contributed by atoms with van der Waals surface area (Å²) in [4.78, 5) is 4.25. The van der Waals surface area contributed by atoms with Crippen LogP contribution in [0.4, 0.5) is 0 Å². The second kappa shape index (κ2) is 8.01. The van der Waals surface area contributed by atoms with Crippen LogP contribution in [-0.4, -0.2) is 18.6 Å². The molecule has 0 spiro atoms. The molecule has 0 fully saturated rings. The van der Waals surface area contributed by atoms with Crippen molar-refractivity contribution in [3.8, 4) is 5.75 Å². The lowest BCUT2D eigenvalue weighted by Crippen LogP contribution is -2.24. The smallest absolute Gasteiger partial charge is 0.137 e. The summed E-state index contributed by atoms with van der Waals surface area (Å²) in [5, 5.41) is 4.36. The quantitative estimate of drug-likeness (QED) is 0.838. The number of nitrogens with one attached hydrogen (secondary N) is 1. The molecule has 1 heterocycles. The van der Waals surface area contributed by atoms with Gasteiger partial charge in [0.05, 0.1) is 13.3 Å². The number of pyridine rings is 1. The van der Waals surface area contributed by atoms with Crippen LogP contribution in [-0.2, 0) is 6.42 Å². The molecule has 1 atom stereocenters. The molecule has 0 saturated heterocycles. The van der Waals surface area contributed by atoms with Gasteiger partial charge in [-0.1, -0.05) is 36.7 Å². The molecule has 1 N–H and O–H groups in total. The van der Waals surface area contributed by atoms with E-state index in [2.05, 4.69) is 23.3 Å². The lowest BCUT2D eigenvalue weighted by molar-refractivity contribution is 0.410. The molecule has 0 radical (unpaired) electrons. The summed E-state index contributed by atoms with van der Waals surface area (Å²) in [7, 11) is 1.66. The van der Waals surface area contributed by atoms with Crippen molar-refractivity contribution in [1.82, 2.24) is 10.3 Å². The van der Waals surface area contributed by atoms with Crippen LogP contribution >= 0.6 is 11.6 Å². The average Bonchev–Trinajstić information content (AvgIpc) is 2.53. The molecular formula is C17H21ClN2O. The van der Waals surface area contributed by atoms with Gasteiger partial charge >= 0.3 is 0 Å². The number of hydrogen-bond acceptors (Lipinski definition) is 3. The SMILES string of the molecule is CCCNC(Cc1ccccc1Cl)c1cncc(OC)c1. The third kappa shape index (κ3) is 4.45. The first-order valence-electron chi connectivity index (χ1n) is 7.20. The van der Waals surface area contributed by atoms with Gasteiger partial charge in [-0.15, -0.1) is 0 Å². The van der Waals surface area contributed by atoms with E-state index in [0.717, 1.165) is 41.3 Å². The first-order chi connectivity index (χ1) is 10.2. The van der Waals surface area contributed by atoms with E-state index in [1.807, 2.05) is 30.5 Å². The van der Waals surface area contributed by atoms with Gasteiger partial charge in [0.25, 0.3) is 0 Å². The van der Waals surface area contributed by atoms with Crippen molar-refractivity contribution in [1.29, 1.82) is 0 Å². The maximum atomic E-state index is 6.28. The highest BCUT2D eigenvalue weighted by Crippen LogP contribution is 2.25. The molecule has 1 aromatic carbocycles. The standard InChI is InChI=1S/C17H21ClN2O/c1-3-8-20-17(10-13-6-4-5-7-16(13)18)14-9-15(21-2)12-19-11-14/h4-7,9,11-12,17,20H,3,8,10H2,1-2H3. The van der Waals surface area contributed by atoms with Gasteiger partial charge in [0, 0.05) is 17.3 Å². The number of hydrogen-bond donors (Lipinski definition) is 1. The van der Waals surface area contributed by atoms with Crippen LogP contribution in [0.2, 0.25) is 5.02 Å². The van der Waals surface area contributed by atoms with E-state index in [4.69, 9.17) is 16.3 Å². The van der Waals surface area contributed by atoms with E-state index in [0.29, 0.717) is 0 Å². The minimum Gasteiger partial charge on any atom is -0.495 e. The van der Waals surface area contributed by atoms with Crippen molar-refractivity contribution in [3.05, 3.63) is 58.9 Å². The Bertz CT molecular complexity index is 574. The van der Waals surface area contributed by atoms with E-state index >= 15 is 0 Å². The third-order valence-electron chi connectivity index (χ3n) is 3.39. The molecule has 0 saturated carbocycles. The van der Waals surface area contributed by atoms with Crippen molar-refractivity contribution >= 4 is 11.6 Å². The van der Waals surface area contributed by atoms with Crippen LogP contribution in [0.5, 0.6) is 5.75 Å². The van der Waals surface area contributed by atoms with Crippen molar-refractivity contribution in [2.24, 2.45) is 0 Å². The Hall–Kier alpha value is -1.58. The van der Waals surface area contributed by atoms with Crippen molar-refractivity contribution in [3.63, 3.8) is 0 Å². The number of ether oxygens (including phenoxy) is 1. The van der Waals surface area contributed by atoms with Gasteiger partial charge in [0.1, 0.15) is 5.75 Å². The summed E-state index contributed by atoms with van der Waals surface area (Å²) in [5.74, 6) is 0.773. The van der Waals surface area contributed by atoms with Gasteiger partial charge in [0.2, 0.25) is 0 Å². The normalized spacial score (nSPS) is 12.1. The number of nitrogens with zero attached hydrogens (tertiary/aromatic N) is 1. The summed E-state index contributed by atoms with van der Waals surface area (Å²) in [6.45, 7) is 3.11. The fraction of sp³-hybridized carbons (Fsp3) is 0.353. The zero-order valence-electron chi connectivity index (χ0n) is 12.5. The highest BCUT2D eigenvalue weighted by atomic mass is 35.5. The molecule has 0 aliphatic rings. The summed E-state index contributed by atoms with van der Waals surface area (Å²) in [5.41, 5.74) is 2.25. The summed E-state index contributed by atoms with van der Waals surface area (Å²) < 4.78 is 5.27. The number of halogens is 1. The maximum absolute atomic E-state index is 6.28. The Morgan fingerprint density at radius 3 is 2.81 bits per heavy atom. The highest BCUT2D eigenvalue weighted by Gasteiger charge is 2.14. The zero-order valence-corrected chi connectivity index (χ0v) is 13.2. The van der Waals surface area contributed by atoms with E-state index in [-0.39, 0.29) is 6.04 Å². The number of aromatic nitrogens is 1. The Morgan fingerprint density at radius 1 is 1.29 bits per heavy atom. The zero-order chi connectivity index (χ0) is 15.1. The van der Waals surface area contributed by atoms with E-state index in [9.17, 15) is 0 Å². The lowest BCUT2D eigenvalue weighted by Gasteiger charge is -2.20. The van der Waals surface area contributed by atoms with Crippen LogP contribution in [0, 0.1) is 0 Å². The topological polar surface area (TPSA) is 34.2 Å². The van der Waals surface area contributed by atoms with Gasteiger partial charge < -0.3 is 10.1 Å². The molecule has 0 aliphatic carbocycles. The summed E-state index contributed by atoms with van der Waals surface area (Å²) >= 11 is 6.28. The Labute approximate surface area is 131 Å². The molecule has 0 aliphatic heterocycles. The molecule has 1 unspecified atom stereocenters. The van der Waals surface area contributed by atoms with Gasteiger partial charge in [-0.3, -0.25) is 4.98 Å². The molecule has 3 nitrogen and oxygen atoms in total. The second-order valence-corrected chi connectivity index (χ2v) is 5.37. The summed E-state index contributed by atoms with van der Waals surface area (Å²) in [6.07, 6.45) is 5.51. The minimum atomic E-state index is 0.174. The van der Waals surface area contributed by atoms with Gasteiger partial charge in [-0.25, -0.2) is 0 Å². The first kappa shape index (κ1) is 15.8. The van der Waals surface area contributed by atoms with Crippen LogP contribution < -0.4 is 10.1 Å². The number of rotatable bonds is 7. The third-order valence-corrected chi connectivity index (χ3v) is 3.76. The molecule has 21 heavy (non-hydrogen) atoms. The molecule has 1 aromatic heterocycles. The van der Waals surface area contributed by atoms with Crippen molar-refractivity contribution < 1.29 is 4.74 Å². The van der Waals surface area contributed by atoms with Gasteiger partial charge in [-0.2, -0.15) is 0 Å². The van der Waals surface area contributed by atoms with Crippen molar-refractivity contribution in [2.45, 2.75) is 25.8 Å².